The van der Waals surface area contributed by atoms with Crippen molar-refractivity contribution in [2.45, 2.75) is 24.7 Å². The van der Waals surface area contributed by atoms with E-state index in [2.05, 4.69) is 16.4 Å². The van der Waals surface area contributed by atoms with Crippen LogP contribution >= 0.6 is 0 Å². The van der Waals surface area contributed by atoms with Crippen LogP contribution in [0, 0.1) is 5.92 Å². The minimum atomic E-state index is -0.158. The molecule has 2 unspecified atom stereocenters. The first-order chi connectivity index (χ1) is 7.71. The van der Waals surface area contributed by atoms with E-state index in [1.165, 1.54) is 5.56 Å². The highest BCUT2D eigenvalue weighted by Gasteiger charge is 2.46. The third-order valence-electron chi connectivity index (χ3n) is 3.98. The van der Waals surface area contributed by atoms with Gasteiger partial charge < -0.3 is 11.1 Å². The van der Waals surface area contributed by atoms with Crippen LogP contribution in [0.2, 0.25) is 0 Å². The molecular formula is C12H15N3O. The fourth-order valence-electron chi connectivity index (χ4n) is 3.10. The van der Waals surface area contributed by atoms with E-state index in [4.69, 9.17) is 5.73 Å². The van der Waals surface area contributed by atoms with E-state index < -0.39 is 0 Å². The summed E-state index contributed by atoms with van der Waals surface area (Å²) in [4.78, 5) is 15.6. The van der Waals surface area contributed by atoms with E-state index in [9.17, 15) is 4.79 Å². The van der Waals surface area contributed by atoms with Gasteiger partial charge in [-0.2, -0.15) is 0 Å². The van der Waals surface area contributed by atoms with E-state index in [0.717, 1.165) is 31.6 Å². The van der Waals surface area contributed by atoms with Crippen LogP contribution in [0.5, 0.6) is 0 Å². The van der Waals surface area contributed by atoms with E-state index >= 15 is 0 Å². The summed E-state index contributed by atoms with van der Waals surface area (Å²) in [5.41, 5.74) is 6.76. The first kappa shape index (κ1) is 9.63. The number of fused-ring (bicyclic) bond motifs is 2. The van der Waals surface area contributed by atoms with Gasteiger partial charge >= 0.3 is 0 Å². The molecule has 0 bridgehead atoms. The second-order valence-electron chi connectivity index (χ2n) is 4.88. The predicted octanol–water partition coefficient (Wildman–Crippen LogP) is 1.03. The first-order valence-corrected chi connectivity index (χ1v) is 5.70. The first-order valence-electron chi connectivity index (χ1n) is 5.70. The lowest BCUT2D eigenvalue weighted by molar-refractivity contribution is -0.121. The molecule has 1 saturated carbocycles. The number of anilines is 1. The van der Waals surface area contributed by atoms with Crippen molar-refractivity contribution in [1.29, 1.82) is 0 Å². The maximum absolute atomic E-state index is 11.2. The molecule has 1 aliphatic heterocycles. The van der Waals surface area contributed by atoms with Gasteiger partial charge in [0.15, 0.2) is 0 Å². The van der Waals surface area contributed by atoms with Crippen molar-refractivity contribution < 1.29 is 4.79 Å². The Morgan fingerprint density at radius 1 is 1.62 bits per heavy atom. The Morgan fingerprint density at radius 2 is 2.50 bits per heavy atom. The summed E-state index contributed by atoms with van der Waals surface area (Å²) in [5, 5.41) is 3.33. The zero-order valence-corrected chi connectivity index (χ0v) is 9.07. The molecular weight excluding hydrogens is 202 g/mol. The second-order valence-corrected chi connectivity index (χ2v) is 4.88. The van der Waals surface area contributed by atoms with Gasteiger partial charge in [-0.05, 0) is 25.3 Å². The van der Waals surface area contributed by atoms with Crippen molar-refractivity contribution in [3.63, 3.8) is 0 Å². The number of nitrogens with two attached hydrogens (primary N) is 1. The number of aromatic nitrogens is 1. The quantitative estimate of drug-likeness (QED) is 0.738. The number of pyridine rings is 1. The van der Waals surface area contributed by atoms with Crippen molar-refractivity contribution in [3.05, 3.63) is 23.9 Å². The van der Waals surface area contributed by atoms with Gasteiger partial charge in [0.25, 0.3) is 0 Å². The van der Waals surface area contributed by atoms with Crippen LogP contribution in [-0.2, 0) is 10.2 Å². The Morgan fingerprint density at radius 3 is 3.25 bits per heavy atom. The standard InChI is InChI=1S/C12H15N3O/c13-10(16)8-3-4-12(6-8)7-15-11-9(12)2-1-5-14-11/h1-2,5,8H,3-4,6-7H2,(H2,13,16)(H,14,15). The number of primary amides is 1. The smallest absolute Gasteiger partial charge is 0.220 e. The zero-order valence-electron chi connectivity index (χ0n) is 9.07. The normalized spacial score (nSPS) is 31.4. The lowest BCUT2D eigenvalue weighted by Gasteiger charge is -2.22. The Kier molecular flexibility index (Phi) is 1.93. The molecule has 1 aromatic rings. The monoisotopic (exact) mass is 217 g/mol. The Hall–Kier alpha value is -1.58. The minimum Gasteiger partial charge on any atom is -0.369 e. The van der Waals surface area contributed by atoms with Crippen molar-refractivity contribution >= 4 is 11.7 Å². The number of nitrogens with one attached hydrogen (secondary N) is 1. The molecule has 0 radical (unpaired) electrons. The van der Waals surface area contributed by atoms with Crippen LogP contribution in [0.3, 0.4) is 0 Å². The molecule has 3 rings (SSSR count). The van der Waals surface area contributed by atoms with Crippen molar-refractivity contribution in [3.8, 4) is 0 Å². The topological polar surface area (TPSA) is 68.0 Å². The molecule has 1 fully saturated rings. The van der Waals surface area contributed by atoms with E-state index in [1.807, 2.05) is 6.07 Å². The Labute approximate surface area is 94.2 Å². The molecule has 4 nitrogen and oxygen atoms in total. The number of carbonyl (C=O) groups is 1. The van der Waals surface area contributed by atoms with Gasteiger partial charge in [-0.15, -0.1) is 0 Å². The number of rotatable bonds is 1. The molecule has 1 spiro atoms. The lowest BCUT2D eigenvalue weighted by atomic mass is 9.81. The molecule has 2 heterocycles. The lowest BCUT2D eigenvalue weighted by Crippen LogP contribution is -2.28. The van der Waals surface area contributed by atoms with Gasteiger partial charge in [-0.1, -0.05) is 6.07 Å². The Balaban J connectivity index is 1.95. The molecule has 0 saturated heterocycles. The minimum absolute atomic E-state index is 0.0351. The fraction of sp³-hybridized carbons (Fsp3) is 0.500. The molecule has 2 atom stereocenters. The zero-order chi connectivity index (χ0) is 11.2. The maximum Gasteiger partial charge on any atom is 0.220 e. The molecule has 1 aromatic heterocycles. The summed E-state index contributed by atoms with van der Waals surface area (Å²) in [6, 6.07) is 4.08. The SMILES string of the molecule is NC(=O)C1CCC2(CNc3ncccc32)C1. The molecule has 4 heteroatoms. The third-order valence-corrected chi connectivity index (χ3v) is 3.98. The Bertz CT molecular complexity index is 446. The molecule has 0 aromatic carbocycles. The van der Waals surface area contributed by atoms with Gasteiger partial charge in [0.05, 0.1) is 0 Å². The molecule has 1 amide bonds. The van der Waals surface area contributed by atoms with Crippen LogP contribution in [0.25, 0.3) is 0 Å². The fourth-order valence-corrected chi connectivity index (χ4v) is 3.10. The average molecular weight is 217 g/mol. The van der Waals surface area contributed by atoms with Crippen LogP contribution in [0.1, 0.15) is 24.8 Å². The van der Waals surface area contributed by atoms with E-state index in [1.54, 1.807) is 6.20 Å². The van der Waals surface area contributed by atoms with Crippen molar-refractivity contribution in [1.82, 2.24) is 4.98 Å². The summed E-state index contributed by atoms with van der Waals surface area (Å²) in [6.07, 6.45) is 4.61. The summed E-state index contributed by atoms with van der Waals surface area (Å²) in [5.74, 6) is 0.856. The summed E-state index contributed by atoms with van der Waals surface area (Å²) >= 11 is 0. The van der Waals surface area contributed by atoms with Crippen LogP contribution in [-0.4, -0.2) is 17.4 Å². The van der Waals surface area contributed by atoms with Gasteiger partial charge in [-0.3, -0.25) is 4.79 Å². The summed E-state index contributed by atoms with van der Waals surface area (Å²) in [7, 11) is 0. The molecule has 84 valence electrons. The van der Waals surface area contributed by atoms with Gasteiger partial charge in [0.1, 0.15) is 5.82 Å². The second kappa shape index (κ2) is 3.20. The van der Waals surface area contributed by atoms with Gasteiger partial charge in [0.2, 0.25) is 5.91 Å². The number of nitrogens with zero attached hydrogens (tertiary/aromatic N) is 1. The number of amides is 1. The van der Waals surface area contributed by atoms with Crippen LogP contribution in [0.15, 0.2) is 18.3 Å². The molecule has 2 aliphatic rings. The number of hydrogen-bond acceptors (Lipinski definition) is 3. The third kappa shape index (κ3) is 1.22. The van der Waals surface area contributed by atoms with Crippen LogP contribution in [0.4, 0.5) is 5.82 Å². The van der Waals surface area contributed by atoms with Crippen LogP contribution < -0.4 is 11.1 Å². The number of carbonyl (C=O) groups excluding carboxylic acids is 1. The summed E-state index contributed by atoms with van der Waals surface area (Å²) < 4.78 is 0. The maximum atomic E-state index is 11.2. The molecule has 3 N–H and O–H groups in total. The number of hydrogen-bond donors (Lipinski definition) is 2. The van der Waals surface area contributed by atoms with Gasteiger partial charge in [-0.25, -0.2) is 4.98 Å². The van der Waals surface area contributed by atoms with Crippen molar-refractivity contribution in [2.75, 3.05) is 11.9 Å². The predicted molar refractivity (Wildman–Crippen MR) is 60.9 cm³/mol. The van der Waals surface area contributed by atoms with E-state index in [-0.39, 0.29) is 17.2 Å². The molecule has 16 heavy (non-hydrogen) atoms. The van der Waals surface area contributed by atoms with Gasteiger partial charge in [0, 0.05) is 29.6 Å². The van der Waals surface area contributed by atoms with Crippen molar-refractivity contribution in [2.24, 2.45) is 11.7 Å². The highest BCUT2D eigenvalue weighted by molar-refractivity contribution is 5.77. The highest BCUT2D eigenvalue weighted by atomic mass is 16.1. The average Bonchev–Trinajstić information content (AvgIpc) is 2.87. The summed E-state index contributed by atoms with van der Waals surface area (Å²) in [6.45, 7) is 0.892. The van der Waals surface area contributed by atoms with E-state index in [0.29, 0.717) is 0 Å². The molecule has 1 aliphatic carbocycles. The highest BCUT2D eigenvalue weighted by Crippen LogP contribution is 2.49. The largest absolute Gasteiger partial charge is 0.369 e.